The van der Waals surface area contributed by atoms with E-state index in [-0.39, 0.29) is 18.5 Å². The number of hydrogen-bond donors (Lipinski definition) is 2. The van der Waals surface area contributed by atoms with Crippen LogP contribution in [0.5, 0.6) is 0 Å². The molecule has 0 radical (unpaired) electrons. The number of carboxylic acid groups (broad SMARTS) is 1. The number of anilines is 1. The molecule has 1 heterocycles. The van der Waals surface area contributed by atoms with E-state index in [0.717, 1.165) is 6.42 Å². The van der Waals surface area contributed by atoms with Crippen LogP contribution in [0.15, 0.2) is 24.3 Å². The van der Waals surface area contributed by atoms with Gasteiger partial charge in [0.1, 0.15) is 5.82 Å². The van der Waals surface area contributed by atoms with Crippen LogP contribution in [0.2, 0.25) is 0 Å². The highest BCUT2D eigenvalue weighted by Crippen LogP contribution is 2.21. The van der Waals surface area contributed by atoms with Gasteiger partial charge in [-0.2, -0.15) is 0 Å². The summed E-state index contributed by atoms with van der Waals surface area (Å²) >= 11 is 0. The van der Waals surface area contributed by atoms with E-state index in [1.165, 1.54) is 23.1 Å². The third kappa shape index (κ3) is 3.43. The van der Waals surface area contributed by atoms with Gasteiger partial charge in [0.2, 0.25) is 0 Å². The molecule has 2 amide bonds. The lowest BCUT2D eigenvalue weighted by Crippen LogP contribution is -2.39. The second-order valence-electron chi connectivity index (χ2n) is 4.53. The zero-order valence-corrected chi connectivity index (χ0v) is 10.3. The van der Waals surface area contributed by atoms with Crippen LogP contribution in [0.1, 0.15) is 19.3 Å². The Hall–Kier alpha value is -2.11. The van der Waals surface area contributed by atoms with Gasteiger partial charge in [0.05, 0.1) is 6.42 Å². The quantitative estimate of drug-likeness (QED) is 0.882. The van der Waals surface area contributed by atoms with Crippen molar-refractivity contribution in [3.05, 3.63) is 30.1 Å². The lowest BCUT2D eigenvalue weighted by atomic mass is 10.1. The van der Waals surface area contributed by atoms with E-state index in [2.05, 4.69) is 5.32 Å². The molecule has 1 aliphatic rings. The molecule has 2 N–H and O–H groups in total. The molecular weight excluding hydrogens is 251 g/mol. The van der Waals surface area contributed by atoms with E-state index in [1.54, 1.807) is 6.07 Å². The summed E-state index contributed by atoms with van der Waals surface area (Å²) in [5.41, 5.74) is 0.367. The number of hydrogen-bond acceptors (Lipinski definition) is 2. The summed E-state index contributed by atoms with van der Waals surface area (Å²) in [6, 6.07) is 4.94. The maximum Gasteiger partial charge on any atom is 0.322 e. The molecule has 6 heteroatoms. The molecule has 0 saturated carbocycles. The summed E-state index contributed by atoms with van der Waals surface area (Å²) in [4.78, 5) is 24.2. The van der Waals surface area contributed by atoms with Crippen LogP contribution in [-0.4, -0.2) is 34.6 Å². The summed E-state index contributed by atoms with van der Waals surface area (Å²) in [6.07, 6.45) is 1.41. The lowest BCUT2D eigenvalue weighted by molar-refractivity contribution is -0.137. The van der Waals surface area contributed by atoms with Gasteiger partial charge in [0.25, 0.3) is 0 Å². The van der Waals surface area contributed by atoms with E-state index < -0.39 is 11.8 Å². The summed E-state index contributed by atoms with van der Waals surface area (Å²) in [5, 5.41) is 11.4. The zero-order valence-electron chi connectivity index (χ0n) is 10.3. The fourth-order valence-corrected chi connectivity index (χ4v) is 2.28. The van der Waals surface area contributed by atoms with Gasteiger partial charge in [0, 0.05) is 18.3 Å². The van der Waals surface area contributed by atoms with Gasteiger partial charge in [-0.15, -0.1) is 0 Å². The molecule has 1 aromatic rings. The summed E-state index contributed by atoms with van der Waals surface area (Å²) in [7, 11) is 0. The predicted octanol–water partition coefficient (Wildman–Crippen LogP) is 2.30. The van der Waals surface area contributed by atoms with Crippen LogP contribution in [-0.2, 0) is 4.79 Å². The molecule has 102 valence electrons. The number of aliphatic carboxylic acids is 1. The van der Waals surface area contributed by atoms with Gasteiger partial charge < -0.3 is 15.3 Å². The lowest BCUT2D eigenvalue weighted by Gasteiger charge is -2.23. The van der Waals surface area contributed by atoms with Crippen molar-refractivity contribution in [2.45, 2.75) is 25.3 Å². The smallest absolute Gasteiger partial charge is 0.322 e. The minimum atomic E-state index is -0.921. The van der Waals surface area contributed by atoms with E-state index in [0.29, 0.717) is 18.7 Å². The number of carbonyl (C=O) groups excluding carboxylic acids is 1. The predicted molar refractivity (Wildman–Crippen MR) is 67.4 cm³/mol. The molecule has 19 heavy (non-hydrogen) atoms. The summed E-state index contributed by atoms with van der Waals surface area (Å²) in [5.74, 6) is -1.35. The van der Waals surface area contributed by atoms with Crippen molar-refractivity contribution in [3.63, 3.8) is 0 Å². The van der Waals surface area contributed by atoms with Crippen molar-refractivity contribution in [1.82, 2.24) is 4.90 Å². The number of rotatable bonds is 3. The molecule has 1 atom stereocenters. The molecule has 2 rings (SSSR count). The molecule has 0 bridgehead atoms. The molecule has 1 fully saturated rings. The van der Waals surface area contributed by atoms with Crippen LogP contribution >= 0.6 is 0 Å². The van der Waals surface area contributed by atoms with Crippen molar-refractivity contribution in [2.24, 2.45) is 0 Å². The van der Waals surface area contributed by atoms with Crippen molar-refractivity contribution in [3.8, 4) is 0 Å². The Morgan fingerprint density at radius 3 is 2.95 bits per heavy atom. The van der Waals surface area contributed by atoms with E-state index >= 15 is 0 Å². The number of carboxylic acids is 1. The minimum absolute atomic E-state index is 0.0590. The maximum atomic E-state index is 13.0. The van der Waals surface area contributed by atoms with Crippen molar-refractivity contribution in [2.75, 3.05) is 11.9 Å². The molecule has 1 saturated heterocycles. The van der Waals surface area contributed by atoms with Crippen LogP contribution in [0.3, 0.4) is 0 Å². The average molecular weight is 266 g/mol. The minimum Gasteiger partial charge on any atom is -0.481 e. The molecule has 0 aliphatic carbocycles. The highest BCUT2D eigenvalue weighted by Gasteiger charge is 2.30. The first-order valence-corrected chi connectivity index (χ1v) is 6.11. The van der Waals surface area contributed by atoms with Crippen molar-refractivity contribution < 1.29 is 19.1 Å². The number of amides is 2. The second-order valence-corrected chi connectivity index (χ2v) is 4.53. The average Bonchev–Trinajstić information content (AvgIpc) is 2.76. The normalized spacial score (nSPS) is 18.4. The van der Waals surface area contributed by atoms with Crippen LogP contribution in [0, 0.1) is 5.82 Å². The molecule has 1 unspecified atom stereocenters. The molecular formula is C13H15FN2O3. The highest BCUT2D eigenvalue weighted by molar-refractivity contribution is 5.90. The standard InChI is InChI=1S/C13H15FN2O3/c14-9-3-1-4-10(7-9)15-13(19)16-6-2-5-11(16)8-12(17)18/h1,3-4,7,11H,2,5-6,8H2,(H,15,19)(H,17,18). The zero-order chi connectivity index (χ0) is 13.8. The third-order valence-corrected chi connectivity index (χ3v) is 3.12. The van der Waals surface area contributed by atoms with E-state index in [9.17, 15) is 14.0 Å². The van der Waals surface area contributed by atoms with Gasteiger partial charge in [0.15, 0.2) is 0 Å². The van der Waals surface area contributed by atoms with Gasteiger partial charge in [-0.3, -0.25) is 4.79 Å². The van der Waals surface area contributed by atoms with Crippen molar-refractivity contribution in [1.29, 1.82) is 0 Å². The third-order valence-electron chi connectivity index (χ3n) is 3.12. The molecule has 1 aliphatic heterocycles. The van der Waals surface area contributed by atoms with E-state index in [4.69, 9.17) is 5.11 Å². The van der Waals surface area contributed by atoms with Gasteiger partial charge in [-0.25, -0.2) is 9.18 Å². The fourth-order valence-electron chi connectivity index (χ4n) is 2.28. The Bertz CT molecular complexity index is 493. The van der Waals surface area contributed by atoms with Gasteiger partial charge >= 0.3 is 12.0 Å². The number of halogens is 1. The van der Waals surface area contributed by atoms with Gasteiger partial charge in [-0.05, 0) is 31.0 Å². The Balaban J connectivity index is 2.01. The number of carbonyl (C=O) groups is 2. The fraction of sp³-hybridized carbons (Fsp3) is 0.385. The SMILES string of the molecule is O=C(O)CC1CCCN1C(=O)Nc1cccc(F)c1. The Kier molecular flexibility index (Phi) is 3.99. The Morgan fingerprint density at radius 2 is 2.26 bits per heavy atom. The van der Waals surface area contributed by atoms with Crippen LogP contribution < -0.4 is 5.32 Å². The number of nitrogens with zero attached hydrogens (tertiary/aromatic N) is 1. The Morgan fingerprint density at radius 1 is 1.47 bits per heavy atom. The Labute approximate surface area is 110 Å². The monoisotopic (exact) mass is 266 g/mol. The second kappa shape index (κ2) is 5.69. The summed E-state index contributed by atoms with van der Waals surface area (Å²) < 4.78 is 13.0. The number of likely N-dealkylation sites (tertiary alicyclic amines) is 1. The molecule has 0 spiro atoms. The number of urea groups is 1. The van der Waals surface area contributed by atoms with Gasteiger partial charge in [-0.1, -0.05) is 6.07 Å². The molecule has 1 aromatic carbocycles. The first-order chi connectivity index (χ1) is 9.06. The molecule has 5 nitrogen and oxygen atoms in total. The largest absolute Gasteiger partial charge is 0.481 e. The first kappa shape index (κ1) is 13.3. The topological polar surface area (TPSA) is 69.6 Å². The highest BCUT2D eigenvalue weighted by atomic mass is 19.1. The number of nitrogens with one attached hydrogen (secondary N) is 1. The molecule has 0 aromatic heterocycles. The summed E-state index contributed by atoms with van der Waals surface area (Å²) in [6.45, 7) is 0.527. The van der Waals surface area contributed by atoms with Crippen LogP contribution in [0.25, 0.3) is 0 Å². The maximum absolute atomic E-state index is 13.0. The van der Waals surface area contributed by atoms with E-state index in [1.807, 2.05) is 0 Å². The van der Waals surface area contributed by atoms with Crippen molar-refractivity contribution >= 4 is 17.7 Å². The number of benzene rings is 1. The van der Waals surface area contributed by atoms with Crippen LogP contribution in [0.4, 0.5) is 14.9 Å². The first-order valence-electron chi connectivity index (χ1n) is 6.11.